The van der Waals surface area contributed by atoms with Gasteiger partial charge in [-0.05, 0) is 23.8 Å². The minimum Gasteiger partial charge on any atom is -0.378 e. The zero-order valence-corrected chi connectivity index (χ0v) is 15.7. The van der Waals surface area contributed by atoms with Crippen molar-refractivity contribution in [2.75, 3.05) is 24.3 Å². The summed E-state index contributed by atoms with van der Waals surface area (Å²) >= 11 is 1.35. The summed E-state index contributed by atoms with van der Waals surface area (Å²) < 4.78 is 47.1. The van der Waals surface area contributed by atoms with Crippen LogP contribution in [-0.4, -0.2) is 35.0 Å². The summed E-state index contributed by atoms with van der Waals surface area (Å²) in [5.41, 5.74) is 5.43. The molecule has 0 fully saturated rings. The Morgan fingerprint density at radius 2 is 2.07 bits per heavy atom. The molecule has 0 unspecified atom stereocenters. The van der Waals surface area contributed by atoms with E-state index in [1.165, 1.54) is 30.0 Å². The first-order valence-corrected chi connectivity index (χ1v) is 9.55. The molecule has 4 rings (SSSR count). The van der Waals surface area contributed by atoms with Gasteiger partial charge in [-0.1, -0.05) is 17.8 Å². The van der Waals surface area contributed by atoms with Crippen LogP contribution in [0, 0.1) is 17.5 Å². The quantitative estimate of drug-likeness (QED) is 0.746. The SMILES string of the molecule is NC1=N[C@@]2(c3cc(NC(=O)c4ncc(F)cc4F)ccc3F)COCC=C2CS1. The number of aromatic nitrogens is 1. The van der Waals surface area contributed by atoms with Gasteiger partial charge in [-0.15, -0.1) is 0 Å². The average Bonchev–Trinajstić information content (AvgIpc) is 2.69. The Bertz CT molecular complexity index is 1060. The molecule has 1 amide bonds. The minimum atomic E-state index is -1.13. The molecule has 0 aliphatic carbocycles. The number of fused-ring (bicyclic) bond motifs is 1. The third-order valence-corrected chi connectivity index (χ3v) is 5.50. The van der Waals surface area contributed by atoms with E-state index >= 15 is 0 Å². The number of benzene rings is 1. The number of rotatable bonds is 3. The number of amides is 1. The van der Waals surface area contributed by atoms with Crippen LogP contribution in [0.4, 0.5) is 18.9 Å². The molecule has 3 heterocycles. The summed E-state index contributed by atoms with van der Waals surface area (Å²) in [7, 11) is 0. The van der Waals surface area contributed by atoms with Crippen LogP contribution < -0.4 is 11.1 Å². The molecule has 1 atom stereocenters. The zero-order chi connectivity index (χ0) is 20.6. The van der Waals surface area contributed by atoms with E-state index in [0.717, 1.165) is 11.8 Å². The number of hydrogen-bond acceptors (Lipinski definition) is 6. The third kappa shape index (κ3) is 3.60. The van der Waals surface area contributed by atoms with Crippen LogP contribution in [0.15, 0.2) is 47.1 Å². The summed E-state index contributed by atoms with van der Waals surface area (Å²) in [5.74, 6) is -2.90. The van der Waals surface area contributed by atoms with Crippen molar-refractivity contribution in [3.8, 4) is 0 Å². The number of hydrogen-bond donors (Lipinski definition) is 2. The number of carbonyl (C=O) groups excluding carboxylic acids is 1. The van der Waals surface area contributed by atoms with Gasteiger partial charge in [0, 0.05) is 23.1 Å². The number of nitrogens with zero attached hydrogens (tertiary/aromatic N) is 2. The second kappa shape index (κ2) is 7.53. The van der Waals surface area contributed by atoms with Gasteiger partial charge in [-0.2, -0.15) is 0 Å². The number of halogens is 3. The molecular formula is C19H15F3N4O2S. The molecule has 1 aromatic heterocycles. The van der Waals surface area contributed by atoms with Gasteiger partial charge in [-0.3, -0.25) is 4.79 Å². The topological polar surface area (TPSA) is 89.6 Å². The molecule has 2 aliphatic heterocycles. The molecule has 150 valence electrons. The fraction of sp³-hybridized carbons (Fsp3) is 0.211. The van der Waals surface area contributed by atoms with Crippen LogP contribution >= 0.6 is 11.8 Å². The second-order valence-corrected chi connectivity index (χ2v) is 7.47. The summed E-state index contributed by atoms with van der Waals surface area (Å²) in [6, 6.07) is 4.47. The lowest BCUT2D eigenvalue weighted by Gasteiger charge is -2.38. The van der Waals surface area contributed by atoms with Crippen molar-refractivity contribution in [2.45, 2.75) is 5.54 Å². The maximum atomic E-state index is 14.8. The summed E-state index contributed by atoms with van der Waals surface area (Å²) in [6.45, 7) is 0.489. The van der Waals surface area contributed by atoms with Crippen LogP contribution in [0.2, 0.25) is 0 Å². The lowest BCUT2D eigenvalue weighted by Crippen LogP contribution is -2.41. The van der Waals surface area contributed by atoms with Crippen molar-refractivity contribution in [3.05, 3.63) is 70.8 Å². The van der Waals surface area contributed by atoms with Gasteiger partial charge < -0.3 is 15.8 Å². The first kappa shape index (κ1) is 19.5. The van der Waals surface area contributed by atoms with Crippen molar-refractivity contribution < 1.29 is 22.7 Å². The minimum absolute atomic E-state index is 0.0998. The van der Waals surface area contributed by atoms with E-state index in [0.29, 0.717) is 23.6 Å². The number of nitrogens with two attached hydrogens (primary N) is 1. The molecule has 6 nitrogen and oxygen atoms in total. The number of amidine groups is 1. The molecule has 29 heavy (non-hydrogen) atoms. The largest absolute Gasteiger partial charge is 0.378 e. The number of nitrogens with one attached hydrogen (secondary N) is 1. The van der Waals surface area contributed by atoms with Gasteiger partial charge in [0.05, 0.1) is 19.4 Å². The highest BCUT2D eigenvalue weighted by Gasteiger charge is 2.43. The van der Waals surface area contributed by atoms with E-state index in [2.05, 4.69) is 15.3 Å². The molecule has 0 radical (unpaired) electrons. The second-order valence-electron chi connectivity index (χ2n) is 6.48. The summed E-state index contributed by atoms with van der Waals surface area (Å²) in [5, 5.41) is 2.76. The average molecular weight is 420 g/mol. The smallest absolute Gasteiger partial charge is 0.277 e. The number of ether oxygens (including phenoxy) is 1. The first-order chi connectivity index (χ1) is 13.9. The van der Waals surface area contributed by atoms with Crippen LogP contribution in [0.5, 0.6) is 0 Å². The molecule has 0 bridgehead atoms. The Labute approximate surface area is 168 Å². The first-order valence-electron chi connectivity index (χ1n) is 8.57. The van der Waals surface area contributed by atoms with Gasteiger partial charge >= 0.3 is 0 Å². The normalized spacial score (nSPS) is 21.1. The van der Waals surface area contributed by atoms with E-state index < -0.39 is 34.6 Å². The highest BCUT2D eigenvalue weighted by atomic mass is 32.2. The van der Waals surface area contributed by atoms with Crippen molar-refractivity contribution in [2.24, 2.45) is 10.7 Å². The highest BCUT2D eigenvalue weighted by molar-refractivity contribution is 8.14. The predicted octanol–water partition coefficient (Wildman–Crippen LogP) is 2.96. The molecule has 3 N–H and O–H groups in total. The van der Waals surface area contributed by atoms with Crippen molar-refractivity contribution in [3.63, 3.8) is 0 Å². The van der Waals surface area contributed by atoms with Crippen molar-refractivity contribution in [1.82, 2.24) is 4.98 Å². The van der Waals surface area contributed by atoms with Gasteiger partial charge in [0.2, 0.25) is 0 Å². The van der Waals surface area contributed by atoms with E-state index in [1.807, 2.05) is 6.08 Å². The van der Waals surface area contributed by atoms with E-state index in [4.69, 9.17) is 10.5 Å². The molecule has 2 aliphatic rings. The number of carbonyl (C=O) groups is 1. The number of anilines is 1. The van der Waals surface area contributed by atoms with E-state index in [9.17, 15) is 18.0 Å². The maximum absolute atomic E-state index is 14.8. The molecular weight excluding hydrogens is 405 g/mol. The third-order valence-electron chi connectivity index (χ3n) is 4.66. The van der Waals surface area contributed by atoms with Gasteiger partial charge in [0.15, 0.2) is 16.7 Å². The van der Waals surface area contributed by atoms with Crippen LogP contribution in [0.25, 0.3) is 0 Å². The molecule has 10 heteroatoms. The van der Waals surface area contributed by atoms with Gasteiger partial charge in [0.1, 0.15) is 17.2 Å². The lowest BCUT2D eigenvalue weighted by atomic mass is 9.82. The number of pyridine rings is 1. The number of aliphatic imine (C=N–C) groups is 1. The van der Waals surface area contributed by atoms with Crippen LogP contribution in [0.3, 0.4) is 0 Å². The lowest BCUT2D eigenvalue weighted by molar-refractivity contribution is 0.101. The van der Waals surface area contributed by atoms with Gasteiger partial charge in [-0.25, -0.2) is 23.1 Å². The van der Waals surface area contributed by atoms with Crippen molar-refractivity contribution in [1.29, 1.82) is 0 Å². The summed E-state index contributed by atoms with van der Waals surface area (Å²) in [6.07, 6.45) is 2.58. The predicted molar refractivity (Wildman–Crippen MR) is 103 cm³/mol. The van der Waals surface area contributed by atoms with Crippen molar-refractivity contribution >= 4 is 28.5 Å². The zero-order valence-electron chi connectivity index (χ0n) is 14.9. The van der Waals surface area contributed by atoms with Gasteiger partial charge in [0.25, 0.3) is 5.91 Å². The standard InChI is InChI=1S/C19H15F3N4O2S/c20-11-5-15(22)16(24-7-11)17(27)25-12-1-2-14(21)13(6-12)19-9-28-4-3-10(19)8-29-18(23)26-19/h1-3,5-7H,4,8-9H2,(H2,23,26)(H,25,27)/t19-/m0/s1. The highest BCUT2D eigenvalue weighted by Crippen LogP contribution is 2.43. The summed E-state index contributed by atoms with van der Waals surface area (Å²) in [4.78, 5) is 20.3. The molecule has 0 saturated heterocycles. The Morgan fingerprint density at radius 3 is 2.86 bits per heavy atom. The molecule has 0 spiro atoms. The van der Waals surface area contributed by atoms with Crippen LogP contribution in [0.1, 0.15) is 16.1 Å². The molecule has 1 aromatic carbocycles. The Morgan fingerprint density at radius 1 is 1.24 bits per heavy atom. The van der Waals surface area contributed by atoms with Crippen LogP contribution in [-0.2, 0) is 10.3 Å². The van der Waals surface area contributed by atoms with E-state index in [-0.39, 0.29) is 17.9 Å². The molecule has 0 saturated carbocycles. The monoisotopic (exact) mass is 420 g/mol. The fourth-order valence-electron chi connectivity index (χ4n) is 3.29. The fourth-order valence-corrected chi connectivity index (χ4v) is 4.17. The molecule has 2 aromatic rings. The maximum Gasteiger partial charge on any atom is 0.277 e. The Balaban J connectivity index is 1.71. The Kier molecular flexibility index (Phi) is 5.05. The Hall–Kier alpha value is -2.85. The number of thioether (sulfide) groups is 1. The van der Waals surface area contributed by atoms with E-state index in [1.54, 1.807) is 0 Å².